The summed E-state index contributed by atoms with van der Waals surface area (Å²) in [5, 5.41) is 0. The molecule has 0 aliphatic rings. The number of rotatable bonds is 1. The number of nitrogens with two attached hydrogens (primary N) is 1. The average molecular weight is 241 g/mol. The van der Waals surface area contributed by atoms with Crippen molar-refractivity contribution < 1.29 is 4.42 Å². The molecule has 13 heavy (non-hydrogen) atoms. The number of nitrogens with zero attached hydrogens (tertiary/aromatic N) is 1. The molecule has 1 aromatic heterocycles. The van der Waals surface area contributed by atoms with Gasteiger partial charge >= 0.3 is 0 Å². The van der Waals surface area contributed by atoms with Crippen LogP contribution in [0.3, 0.4) is 0 Å². The van der Waals surface area contributed by atoms with Gasteiger partial charge in [-0.25, -0.2) is 4.98 Å². The lowest BCUT2D eigenvalue weighted by Gasteiger charge is -1.93. The fourth-order valence-corrected chi connectivity index (χ4v) is 1.68. The monoisotopic (exact) mass is 240 g/mol. The fraction of sp³-hybridized carbons (Fsp3) is 0.222. The summed E-state index contributed by atoms with van der Waals surface area (Å²) in [6.07, 6.45) is 0.783. The topological polar surface area (TPSA) is 52.0 Å². The second-order valence-electron chi connectivity index (χ2n) is 2.80. The van der Waals surface area contributed by atoms with Crippen LogP contribution in [0.15, 0.2) is 21.0 Å². The van der Waals surface area contributed by atoms with Gasteiger partial charge in [-0.3, -0.25) is 0 Å². The highest BCUT2D eigenvalue weighted by Crippen LogP contribution is 2.26. The Labute approximate surface area is 84.1 Å². The minimum Gasteiger partial charge on any atom is -0.439 e. The highest BCUT2D eigenvalue weighted by atomic mass is 79.9. The summed E-state index contributed by atoms with van der Waals surface area (Å²) in [7, 11) is 0. The van der Waals surface area contributed by atoms with E-state index < -0.39 is 0 Å². The summed E-state index contributed by atoms with van der Waals surface area (Å²) in [6.45, 7) is 2.00. The van der Waals surface area contributed by atoms with Gasteiger partial charge in [0, 0.05) is 10.9 Å². The second-order valence-corrected chi connectivity index (χ2v) is 3.72. The highest BCUT2D eigenvalue weighted by Gasteiger charge is 2.07. The third-order valence-corrected chi connectivity index (χ3v) is 2.29. The lowest BCUT2D eigenvalue weighted by atomic mass is 10.3. The molecule has 2 rings (SSSR count). The predicted molar refractivity (Wildman–Crippen MR) is 55.5 cm³/mol. The van der Waals surface area contributed by atoms with Gasteiger partial charge in [-0.15, -0.1) is 0 Å². The maximum Gasteiger partial charge on any atom is 0.195 e. The Kier molecular flexibility index (Phi) is 2.00. The van der Waals surface area contributed by atoms with Crippen LogP contribution >= 0.6 is 15.9 Å². The summed E-state index contributed by atoms with van der Waals surface area (Å²) in [5.41, 5.74) is 7.87. The number of fused-ring (bicyclic) bond motifs is 1. The van der Waals surface area contributed by atoms with Crippen LogP contribution in [-0.4, -0.2) is 4.98 Å². The molecule has 0 aliphatic heterocycles. The Balaban J connectivity index is 2.75. The van der Waals surface area contributed by atoms with Crippen LogP contribution in [0.2, 0.25) is 0 Å². The zero-order valence-electron chi connectivity index (χ0n) is 7.17. The van der Waals surface area contributed by atoms with Crippen molar-refractivity contribution in [3.05, 3.63) is 22.5 Å². The van der Waals surface area contributed by atoms with Crippen molar-refractivity contribution in [3.8, 4) is 0 Å². The van der Waals surface area contributed by atoms with Gasteiger partial charge < -0.3 is 10.2 Å². The number of nitrogen functional groups attached to an aromatic ring is 1. The first-order valence-electron chi connectivity index (χ1n) is 4.05. The average Bonchev–Trinajstić information content (AvgIpc) is 2.47. The summed E-state index contributed by atoms with van der Waals surface area (Å²) in [5.74, 6) is 0.722. The number of aromatic nitrogens is 1. The van der Waals surface area contributed by atoms with E-state index in [1.807, 2.05) is 19.1 Å². The predicted octanol–water partition coefficient (Wildman–Crippen LogP) is 2.73. The molecule has 0 atom stereocenters. The third kappa shape index (κ3) is 1.42. The molecule has 1 heterocycles. The summed E-state index contributed by atoms with van der Waals surface area (Å²) < 4.78 is 6.37. The molecule has 0 saturated carbocycles. The molecule has 3 nitrogen and oxygen atoms in total. The van der Waals surface area contributed by atoms with Crippen molar-refractivity contribution in [2.75, 3.05) is 5.73 Å². The minimum atomic E-state index is 0.622. The lowest BCUT2D eigenvalue weighted by Crippen LogP contribution is -1.84. The number of hydrogen-bond acceptors (Lipinski definition) is 3. The van der Waals surface area contributed by atoms with Crippen molar-refractivity contribution in [2.24, 2.45) is 0 Å². The van der Waals surface area contributed by atoms with Gasteiger partial charge in [-0.1, -0.05) is 22.9 Å². The van der Waals surface area contributed by atoms with Crippen LogP contribution < -0.4 is 5.73 Å². The normalized spacial score (nSPS) is 10.9. The number of oxazole rings is 1. The number of benzene rings is 1. The SMILES string of the molecule is CCc1nc2cc(Br)cc(N)c2o1. The molecular formula is C9H9BrN2O. The summed E-state index contributed by atoms with van der Waals surface area (Å²) >= 11 is 3.35. The molecule has 68 valence electrons. The van der Waals surface area contributed by atoms with Crippen molar-refractivity contribution >= 4 is 32.7 Å². The molecule has 0 bridgehead atoms. The van der Waals surface area contributed by atoms with Crippen LogP contribution in [0.4, 0.5) is 5.69 Å². The van der Waals surface area contributed by atoms with E-state index in [1.54, 1.807) is 0 Å². The van der Waals surface area contributed by atoms with E-state index in [0.717, 1.165) is 22.3 Å². The van der Waals surface area contributed by atoms with Crippen LogP contribution in [0.25, 0.3) is 11.1 Å². The van der Waals surface area contributed by atoms with Gasteiger partial charge in [-0.2, -0.15) is 0 Å². The first-order chi connectivity index (χ1) is 6.20. The molecule has 0 fully saturated rings. The minimum absolute atomic E-state index is 0.622. The first kappa shape index (κ1) is 8.56. The number of aryl methyl sites for hydroxylation is 1. The number of anilines is 1. The maximum absolute atomic E-state index is 5.76. The van der Waals surface area contributed by atoms with E-state index in [2.05, 4.69) is 20.9 Å². The quantitative estimate of drug-likeness (QED) is 0.781. The Morgan fingerprint density at radius 1 is 1.54 bits per heavy atom. The Hall–Kier alpha value is -1.03. The van der Waals surface area contributed by atoms with Crippen molar-refractivity contribution in [2.45, 2.75) is 13.3 Å². The molecule has 2 aromatic rings. The van der Waals surface area contributed by atoms with Crippen molar-refractivity contribution in [1.29, 1.82) is 0 Å². The van der Waals surface area contributed by atoms with E-state index in [4.69, 9.17) is 10.2 Å². The zero-order chi connectivity index (χ0) is 9.42. The van der Waals surface area contributed by atoms with Gasteiger partial charge in [0.25, 0.3) is 0 Å². The second kappa shape index (κ2) is 3.03. The maximum atomic E-state index is 5.76. The number of halogens is 1. The molecular weight excluding hydrogens is 232 g/mol. The highest BCUT2D eigenvalue weighted by molar-refractivity contribution is 9.10. The molecule has 1 aromatic carbocycles. The lowest BCUT2D eigenvalue weighted by molar-refractivity contribution is 0.539. The van der Waals surface area contributed by atoms with Crippen molar-refractivity contribution in [1.82, 2.24) is 4.98 Å². The Morgan fingerprint density at radius 2 is 2.31 bits per heavy atom. The molecule has 0 spiro atoms. The standard InChI is InChI=1S/C9H9BrN2O/c1-2-8-12-7-4-5(10)3-6(11)9(7)13-8/h3-4H,2,11H2,1H3. The smallest absolute Gasteiger partial charge is 0.195 e. The van der Waals surface area contributed by atoms with Crippen LogP contribution in [0, 0.1) is 0 Å². The zero-order valence-corrected chi connectivity index (χ0v) is 8.76. The largest absolute Gasteiger partial charge is 0.439 e. The van der Waals surface area contributed by atoms with E-state index in [-0.39, 0.29) is 0 Å². The Morgan fingerprint density at radius 3 is 3.00 bits per heavy atom. The van der Waals surface area contributed by atoms with Gasteiger partial charge in [0.2, 0.25) is 0 Å². The molecule has 2 N–H and O–H groups in total. The molecule has 0 saturated heterocycles. The molecule has 0 radical (unpaired) electrons. The van der Waals surface area contributed by atoms with E-state index >= 15 is 0 Å². The van der Waals surface area contributed by atoms with Gasteiger partial charge in [0.1, 0.15) is 5.52 Å². The van der Waals surface area contributed by atoms with E-state index in [0.29, 0.717) is 11.3 Å². The fourth-order valence-electron chi connectivity index (χ4n) is 1.22. The van der Waals surface area contributed by atoms with Gasteiger partial charge in [0.15, 0.2) is 11.5 Å². The molecule has 4 heteroatoms. The van der Waals surface area contributed by atoms with Crippen molar-refractivity contribution in [3.63, 3.8) is 0 Å². The third-order valence-electron chi connectivity index (χ3n) is 1.83. The van der Waals surface area contributed by atoms with Gasteiger partial charge in [0.05, 0.1) is 5.69 Å². The summed E-state index contributed by atoms with van der Waals surface area (Å²) in [6, 6.07) is 3.71. The molecule has 0 amide bonds. The number of hydrogen-bond donors (Lipinski definition) is 1. The van der Waals surface area contributed by atoms with Crippen LogP contribution in [0.5, 0.6) is 0 Å². The first-order valence-corrected chi connectivity index (χ1v) is 4.84. The van der Waals surface area contributed by atoms with E-state index in [9.17, 15) is 0 Å². The van der Waals surface area contributed by atoms with Crippen LogP contribution in [0.1, 0.15) is 12.8 Å². The molecule has 0 aliphatic carbocycles. The van der Waals surface area contributed by atoms with Crippen LogP contribution in [-0.2, 0) is 6.42 Å². The van der Waals surface area contributed by atoms with E-state index in [1.165, 1.54) is 0 Å². The molecule has 0 unspecified atom stereocenters. The van der Waals surface area contributed by atoms with Gasteiger partial charge in [-0.05, 0) is 12.1 Å². The summed E-state index contributed by atoms with van der Waals surface area (Å²) in [4.78, 5) is 4.28. The Bertz CT molecular complexity index is 450.